The van der Waals surface area contributed by atoms with Gasteiger partial charge in [-0.1, -0.05) is 33.6 Å². The Kier molecular flexibility index (Phi) is 6.69. The van der Waals surface area contributed by atoms with Crippen molar-refractivity contribution in [2.24, 2.45) is 17.8 Å². The lowest BCUT2D eigenvalue weighted by Crippen LogP contribution is -2.46. The molecule has 1 aliphatic heterocycles. The van der Waals surface area contributed by atoms with E-state index < -0.39 is 0 Å². The van der Waals surface area contributed by atoms with E-state index >= 15 is 0 Å². The second kappa shape index (κ2) is 7.78. The summed E-state index contributed by atoms with van der Waals surface area (Å²) in [5.41, 5.74) is 0. The Morgan fingerprint density at radius 3 is 2.44 bits per heavy atom. The first-order chi connectivity index (χ1) is 8.62. The van der Waals surface area contributed by atoms with Crippen LogP contribution in [0.2, 0.25) is 0 Å². The van der Waals surface area contributed by atoms with Gasteiger partial charge in [-0.15, -0.1) is 0 Å². The fraction of sp³-hybridized carbons (Fsp3) is 0.933. The number of amides is 1. The second-order valence-electron chi connectivity index (χ2n) is 5.76. The lowest BCUT2D eigenvalue weighted by atomic mass is 9.90. The van der Waals surface area contributed by atoms with Gasteiger partial charge in [0, 0.05) is 19.6 Å². The monoisotopic (exact) mass is 254 g/mol. The molecule has 1 saturated heterocycles. The van der Waals surface area contributed by atoms with Crippen molar-refractivity contribution in [3.63, 3.8) is 0 Å². The van der Waals surface area contributed by atoms with Gasteiger partial charge in [0.2, 0.25) is 5.91 Å². The highest BCUT2D eigenvalue weighted by atomic mass is 16.2. The van der Waals surface area contributed by atoms with E-state index in [0.29, 0.717) is 17.7 Å². The number of nitrogens with one attached hydrogen (secondary N) is 1. The van der Waals surface area contributed by atoms with Gasteiger partial charge in [-0.3, -0.25) is 4.79 Å². The molecule has 18 heavy (non-hydrogen) atoms. The van der Waals surface area contributed by atoms with Crippen molar-refractivity contribution in [2.45, 2.75) is 47.0 Å². The molecule has 0 aromatic carbocycles. The summed E-state index contributed by atoms with van der Waals surface area (Å²) in [4.78, 5) is 14.6. The molecule has 106 valence electrons. The molecule has 0 spiro atoms. The van der Waals surface area contributed by atoms with E-state index in [9.17, 15) is 4.79 Å². The minimum absolute atomic E-state index is 0.197. The van der Waals surface area contributed by atoms with E-state index in [-0.39, 0.29) is 5.92 Å². The molecule has 1 N–H and O–H groups in total. The van der Waals surface area contributed by atoms with Crippen LogP contribution in [0.25, 0.3) is 0 Å². The lowest BCUT2D eigenvalue weighted by Gasteiger charge is -2.33. The summed E-state index contributed by atoms with van der Waals surface area (Å²) in [5.74, 6) is 1.84. The maximum atomic E-state index is 12.5. The normalized spacial score (nSPS) is 24.3. The fourth-order valence-electron chi connectivity index (χ4n) is 2.84. The minimum atomic E-state index is 0.197. The first kappa shape index (κ1) is 15.5. The zero-order valence-electron chi connectivity index (χ0n) is 12.5. The van der Waals surface area contributed by atoms with E-state index in [1.807, 2.05) is 0 Å². The molecule has 2 atom stereocenters. The van der Waals surface area contributed by atoms with Gasteiger partial charge in [-0.2, -0.15) is 0 Å². The first-order valence-corrected chi connectivity index (χ1v) is 7.61. The molecule has 0 bridgehead atoms. The SMILES string of the molecule is CCC(CC)CN(CC)C(=O)C1CNCC(C)C1. The van der Waals surface area contributed by atoms with Crippen LogP contribution in [0, 0.1) is 17.8 Å². The summed E-state index contributed by atoms with van der Waals surface area (Å²) in [6.07, 6.45) is 3.38. The molecule has 1 aliphatic rings. The van der Waals surface area contributed by atoms with Crippen molar-refractivity contribution >= 4 is 5.91 Å². The van der Waals surface area contributed by atoms with Gasteiger partial charge in [0.05, 0.1) is 5.92 Å². The summed E-state index contributed by atoms with van der Waals surface area (Å²) in [5, 5.41) is 3.38. The molecule has 0 aromatic rings. The summed E-state index contributed by atoms with van der Waals surface area (Å²) in [6.45, 7) is 12.5. The third-order valence-corrected chi connectivity index (χ3v) is 4.25. The second-order valence-corrected chi connectivity index (χ2v) is 5.76. The molecule has 1 heterocycles. The average Bonchev–Trinajstić information content (AvgIpc) is 2.39. The van der Waals surface area contributed by atoms with Crippen molar-refractivity contribution < 1.29 is 4.79 Å². The minimum Gasteiger partial charge on any atom is -0.342 e. The standard InChI is InChI=1S/C15H30N2O/c1-5-13(6-2)11-17(7-3)15(18)14-8-12(4)9-16-10-14/h12-14,16H,5-11H2,1-4H3. The topological polar surface area (TPSA) is 32.3 Å². The molecule has 0 radical (unpaired) electrons. The highest BCUT2D eigenvalue weighted by Crippen LogP contribution is 2.19. The lowest BCUT2D eigenvalue weighted by molar-refractivity contribution is -0.137. The summed E-state index contributed by atoms with van der Waals surface area (Å²) in [6, 6.07) is 0. The predicted molar refractivity (Wildman–Crippen MR) is 76.5 cm³/mol. The van der Waals surface area contributed by atoms with Gasteiger partial charge in [-0.05, 0) is 31.7 Å². The molecule has 2 unspecified atom stereocenters. The molecule has 0 aliphatic carbocycles. The van der Waals surface area contributed by atoms with Crippen LogP contribution in [-0.2, 0) is 4.79 Å². The Balaban J connectivity index is 2.55. The van der Waals surface area contributed by atoms with Gasteiger partial charge in [0.25, 0.3) is 0 Å². The van der Waals surface area contributed by atoms with Crippen LogP contribution in [0.1, 0.15) is 47.0 Å². The largest absolute Gasteiger partial charge is 0.342 e. The molecular weight excluding hydrogens is 224 g/mol. The third-order valence-electron chi connectivity index (χ3n) is 4.25. The maximum absolute atomic E-state index is 12.5. The quantitative estimate of drug-likeness (QED) is 0.790. The average molecular weight is 254 g/mol. The highest BCUT2D eigenvalue weighted by Gasteiger charge is 2.28. The Bertz CT molecular complexity index is 251. The highest BCUT2D eigenvalue weighted by molar-refractivity contribution is 5.79. The predicted octanol–water partition coefficient (Wildman–Crippen LogP) is 2.52. The molecule has 0 saturated carbocycles. The molecule has 1 rings (SSSR count). The number of carbonyl (C=O) groups excluding carboxylic acids is 1. The molecular formula is C15H30N2O. The summed E-state index contributed by atoms with van der Waals surface area (Å²) >= 11 is 0. The molecule has 1 amide bonds. The number of rotatable bonds is 6. The van der Waals surface area contributed by atoms with Gasteiger partial charge in [-0.25, -0.2) is 0 Å². The van der Waals surface area contributed by atoms with Crippen LogP contribution in [0.15, 0.2) is 0 Å². The van der Waals surface area contributed by atoms with Crippen molar-refractivity contribution in [2.75, 3.05) is 26.2 Å². The number of hydrogen-bond acceptors (Lipinski definition) is 2. The van der Waals surface area contributed by atoms with Crippen LogP contribution >= 0.6 is 0 Å². The number of hydrogen-bond donors (Lipinski definition) is 1. The first-order valence-electron chi connectivity index (χ1n) is 7.61. The number of carbonyl (C=O) groups is 1. The van der Waals surface area contributed by atoms with Gasteiger partial charge in [0.1, 0.15) is 0 Å². The third kappa shape index (κ3) is 4.27. The molecule has 3 nitrogen and oxygen atoms in total. The van der Waals surface area contributed by atoms with E-state index in [0.717, 1.165) is 32.6 Å². The number of piperidine rings is 1. The van der Waals surface area contributed by atoms with Crippen LogP contribution in [-0.4, -0.2) is 37.0 Å². The van der Waals surface area contributed by atoms with E-state index in [4.69, 9.17) is 0 Å². The zero-order valence-corrected chi connectivity index (χ0v) is 12.5. The Morgan fingerprint density at radius 1 is 1.28 bits per heavy atom. The van der Waals surface area contributed by atoms with Crippen LogP contribution < -0.4 is 5.32 Å². The fourth-order valence-corrected chi connectivity index (χ4v) is 2.84. The van der Waals surface area contributed by atoms with E-state index in [1.165, 1.54) is 12.8 Å². The van der Waals surface area contributed by atoms with Gasteiger partial charge < -0.3 is 10.2 Å². The van der Waals surface area contributed by atoms with E-state index in [2.05, 4.69) is 37.9 Å². The van der Waals surface area contributed by atoms with Gasteiger partial charge >= 0.3 is 0 Å². The van der Waals surface area contributed by atoms with Crippen LogP contribution in [0.5, 0.6) is 0 Å². The van der Waals surface area contributed by atoms with Crippen molar-refractivity contribution in [1.82, 2.24) is 10.2 Å². The maximum Gasteiger partial charge on any atom is 0.226 e. The molecule has 3 heteroatoms. The molecule has 0 aromatic heterocycles. The molecule has 1 fully saturated rings. The zero-order chi connectivity index (χ0) is 13.5. The summed E-state index contributed by atoms with van der Waals surface area (Å²) in [7, 11) is 0. The number of nitrogens with zero attached hydrogens (tertiary/aromatic N) is 1. The Hall–Kier alpha value is -0.570. The Labute approximate surface area is 112 Å². The Morgan fingerprint density at radius 2 is 1.94 bits per heavy atom. The van der Waals surface area contributed by atoms with Gasteiger partial charge in [0.15, 0.2) is 0 Å². The van der Waals surface area contributed by atoms with E-state index in [1.54, 1.807) is 0 Å². The van der Waals surface area contributed by atoms with Crippen molar-refractivity contribution in [3.05, 3.63) is 0 Å². The van der Waals surface area contributed by atoms with Crippen LogP contribution in [0.4, 0.5) is 0 Å². The van der Waals surface area contributed by atoms with Crippen molar-refractivity contribution in [1.29, 1.82) is 0 Å². The van der Waals surface area contributed by atoms with Crippen LogP contribution in [0.3, 0.4) is 0 Å². The van der Waals surface area contributed by atoms with Crippen molar-refractivity contribution in [3.8, 4) is 0 Å². The summed E-state index contributed by atoms with van der Waals surface area (Å²) < 4.78 is 0. The smallest absolute Gasteiger partial charge is 0.226 e.